The number of carbonyl (C=O) groups excluding carboxylic acids is 1. The molecule has 2 N–H and O–H groups in total. The van der Waals surface area contributed by atoms with Crippen molar-refractivity contribution in [2.75, 3.05) is 6.54 Å². The molecule has 1 aromatic rings. The van der Waals surface area contributed by atoms with E-state index >= 15 is 0 Å². The maximum absolute atomic E-state index is 12.1. The van der Waals surface area contributed by atoms with E-state index in [9.17, 15) is 4.79 Å². The van der Waals surface area contributed by atoms with Crippen LogP contribution in [0.1, 0.15) is 31.7 Å². The van der Waals surface area contributed by atoms with Crippen LogP contribution in [0.25, 0.3) is 0 Å². The molecule has 3 nitrogen and oxygen atoms in total. The van der Waals surface area contributed by atoms with Crippen molar-refractivity contribution < 1.29 is 4.79 Å². The quantitative estimate of drug-likeness (QED) is 0.865. The van der Waals surface area contributed by atoms with Crippen LogP contribution in [0.15, 0.2) is 28.7 Å². The number of piperidine rings is 1. The first-order valence-electron chi connectivity index (χ1n) is 6.94. The summed E-state index contributed by atoms with van der Waals surface area (Å²) in [6.45, 7) is 3.01. The summed E-state index contributed by atoms with van der Waals surface area (Å²) in [5.74, 6) is 0.138. The van der Waals surface area contributed by atoms with Crippen molar-refractivity contribution in [3.05, 3.63) is 34.3 Å². The van der Waals surface area contributed by atoms with Gasteiger partial charge in [0.25, 0.3) is 0 Å². The summed E-state index contributed by atoms with van der Waals surface area (Å²) in [6, 6.07) is 8.29. The first-order valence-corrected chi connectivity index (χ1v) is 7.73. The number of nitrogens with one attached hydrogen (secondary N) is 2. The molecular formula is C15H22BrClN2O. The van der Waals surface area contributed by atoms with Gasteiger partial charge in [-0.05, 0) is 44.4 Å². The maximum atomic E-state index is 12.1. The van der Waals surface area contributed by atoms with Crippen molar-refractivity contribution in [2.45, 2.75) is 44.7 Å². The van der Waals surface area contributed by atoms with Gasteiger partial charge in [-0.2, -0.15) is 0 Å². The van der Waals surface area contributed by atoms with E-state index in [1.54, 1.807) is 0 Å². The summed E-state index contributed by atoms with van der Waals surface area (Å²) < 4.78 is 1.10. The highest BCUT2D eigenvalue weighted by atomic mass is 79.9. The number of amides is 1. The standard InChI is InChI=1S/C15H21BrN2O.ClH/c1-11(10-12-6-2-3-7-13(12)16)18-15(19)14-8-4-5-9-17-14;/h2-3,6-7,11,14,17H,4-5,8-10H2,1H3,(H,18,19);1H. The molecule has 1 saturated heterocycles. The summed E-state index contributed by atoms with van der Waals surface area (Å²) in [6.07, 6.45) is 4.12. The van der Waals surface area contributed by atoms with E-state index in [0.29, 0.717) is 0 Å². The van der Waals surface area contributed by atoms with Gasteiger partial charge in [0.05, 0.1) is 6.04 Å². The lowest BCUT2D eigenvalue weighted by atomic mass is 10.0. The second-order valence-corrected chi connectivity index (χ2v) is 6.06. The minimum Gasteiger partial charge on any atom is -0.352 e. The molecule has 1 amide bonds. The second kappa shape index (κ2) is 8.65. The zero-order valence-corrected chi connectivity index (χ0v) is 14.1. The predicted octanol–water partition coefficient (Wildman–Crippen LogP) is 3.06. The molecule has 2 rings (SSSR count). The highest BCUT2D eigenvalue weighted by Crippen LogP contribution is 2.17. The van der Waals surface area contributed by atoms with Crippen LogP contribution in [-0.4, -0.2) is 24.5 Å². The van der Waals surface area contributed by atoms with Gasteiger partial charge < -0.3 is 10.6 Å². The zero-order chi connectivity index (χ0) is 13.7. The van der Waals surface area contributed by atoms with E-state index in [4.69, 9.17) is 0 Å². The lowest BCUT2D eigenvalue weighted by Gasteiger charge is -2.24. The third-order valence-electron chi connectivity index (χ3n) is 3.50. The molecule has 20 heavy (non-hydrogen) atoms. The van der Waals surface area contributed by atoms with Gasteiger partial charge in [-0.25, -0.2) is 0 Å². The molecule has 0 saturated carbocycles. The molecule has 1 heterocycles. The molecule has 2 atom stereocenters. The third kappa shape index (κ3) is 5.08. The fourth-order valence-electron chi connectivity index (χ4n) is 2.46. The van der Waals surface area contributed by atoms with Crippen molar-refractivity contribution in [1.82, 2.24) is 10.6 Å². The van der Waals surface area contributed by atoms with Crippen LogP contribution in [0.3, 0.4) is 0 Å². The average molecular weight is 362 g/mol. The molecule has 0 radical (unpaired) electrons. The van der Waals surface area contributed by atoms with E-state index < -0.39 is 0 Å². The van der Waals surface area contributed by atoms with Gasteiger partial charge in [0.15, 0.2) is 0 Å². The lowest BCUT2D eigenvalue weighted by molar-refractivity contribution is -0.124. The van der Waals surface area contributed by atoms with E-state index in [1.807, 2.05) is 18.2 Å². The Labute approximate surface area is 135 Å². The van der Waals surface area contributed by atoms with Gasteiger partial charge in [0.1, 0.15) is 0 Å². The van der Waals surface area contributed by atoms with Crippen LogP contribution in [0, 0.1) is 0 Å². The maximum Gasteiger partial charge on any atom is 0.237 e. The Morgan fingerprint density at radius 3 is 2.85 bits per heavy atom. The summed E-state index contributed by atoms with van der Waals surface area (Å²) >= 11 is 3.54. The highest BCUT2D eigenvalue weighted by Gasteiger charge is 2.21. The van der Waals surface area contributed by atoms with Gasteiger partial charge in [-0.1, -0.05) is 40.5 Å². The van der Waals surface area contributed by atoms with Crippen LogP contribution in [-0.2, 0) is 11.2 Å². The molecule has 0 spiro atoms. The van der Waals surface area contributed by atoms with Crippen LogP contribution in [0.5, 0.6) is 0 Å². The first-order chi connectivity index (χ1) is 9.16. The molecule has 0 bridgehead atoms. The smallest absolute Gasteiger partial charge is 0.237 e. The number of hydrogen-bond donors (Lipinski definition) is 2. The van der Waals surface area contributed by atoms with Gasteiger partial charge in [0.2, 0.25) is 5.91 Å². The van der Waals surface area contributed by atoms with Crippen molar-refractivity contribution in [1.29, 1.82) is 0 Å². The number of rotatable bonds is 4. The molecule has 1 aliphatic heterocycles. The largest absolute Gasteiger partial charge is 0.352 e. The molecule has 2 unspecified atom stereocenters. The minimum atomic E-state index is -0.00425. The Bertz CT molecular complexity index is 436. The number of hydrogen-bond acceptors (Lipinski definition) is 2. The van der Waals surface area contributed by atoms with Crippen LogP contribution in [0.4, 0.5) is 0 Å². The molecule has 1 aromatic carbocycles. The Morgan fingerprint density at radius 1 is 1.45 bits per heavy atom. The Hall–Kier alpha value is -0.580. The second-order valence-electron chi connectivity index (χ2n) is 5.21. The van der Waals surface area contributed by atoms with Crippen molar-refractivity contribution in [2.24, 2.45) is 0 Å². The highest BCUT2D eigenvalue weighted by molar-refractivity contribution is 9.10. The molecule has 0 aliphatic carbocycles. The SMILES string of the molecule is CC(Cc1ccccc1Br)NC(=O)C1CCCCN1.Cl. The average Bonchev–Trinajstić information content (AvgIpc) is 2.42. The monoisotopic (exact) mass is 360 g/mol. The van der Waals surface area contributed by atoms with Crippen LogP contribution in [0.2, 0.25) is 0 Å². The normalized spacial score (nSPS) is 19.8. The Morgan fingerprint density at radius 2 is 2.20 bits per heavy atom. The van der Waals surface area contributed by atoms with E-state index in [0.717, 1.165) is 30.3 Å². The van der Waals surface area contributed by atoms with Crippen molar-refractivity contribution in [3.63, 3.8) is 0 Å². The number of carbonyl (C=O) groups is 1. The van der Waals surface area contributed by atoms with E-state index in [2.05, 4.69) is 39.6 Å². The topological polar surface area (TPSA) is 41.1 Å². The first kappa shape index (κ1) is 17.5. The van der Waals surface area contributed by atoms with E-state index in [-0.39, 0.29) is 30.4 Å². The molecule has 5 heteroatoms. The van der Waals surface area contributed by atoms with Gasteiger partial charge >= 0.3 is 0 Å². The van der Waals surface area contributed by atoms with Gasteiger partial charge in [0, 0.05) is 10.5 Å². The summed E-state index contributed by atoms with van der Waals surface area (Å²) in [4.78, 5) is 12.1. The van der Waals surface area contributed by atoms with Crippen molar-refractivity contribution >= 4 is 34.2 Å². The lowest BCUT2D eigenvalue weighted by Crippen LogP contribution is -2.49. The molecule has 1 fully saturated rings. The zero-order valence-electron chi connectivity index (χ0n) is 11.7. The fourth-order valence-corrected chi connectivity index (χ4v) is 2.91. The fraction of sp³-hybridized carbons (Fsp3) is 0.533. The van der Waals surface area contributed by atoms with Crippen LogP contribution < -0.4 is 10.6 Å². The third-order valence-corrected chi connectivity index (χ3v) is 4.27. The molecule has 0 aromatic heterocycles. The summed E-state index contributed by atoms with van der Waals surface area (Å²) in [5.41, 5.74) is 1.23. The van der Waals surface area contributed by atoms with Gasteiger partial charge in [-0.3, -0.25) is 4.79 Å². The van der Waals surface area contributed by atoms with E-state index in [1.165, 1.54) is 12.0 Å². The number of halogens is 2. The molecule has 1 aliphatic rings. The molecular weight excluding hydrogens is 340 g/mol. The number of benzene rings is 1. The minimum absolute atomic E-state index is 0. The summed E-state index contributed by atoms with van der Waals surface area (Å²) in [5, 5.41) is 6.38. The summed E-state index contributed by atoms with van der Waals surface area (Å²) in [7, 11) is 0. The van der Waals surface area contributed by atoms with Gasteiger partial charge in [-0.15, -0.1) is 12.4 Å². The Balaban J connectivity index is 0.00000200. The van der Waals surface area contributed by atoms with Crippen LogP contribution >= 0.6 is 28.3 Å². The van der Waals surface area contributed by atoms with Crippen molar-refractivity contribution in [3.8, 4) is 0 Å². The Kier molecular flexibility index (Phi) is 7.56. The predicted molar refractivity (Wildman–Crippen MR) is 88.3 cm³/mol. The molecule has 112 valence electrons.